The number of hydrogen-bond acceptors (Lipinski definition) is 4. The third-order valence-electron chi connectivity index (χ3n) is 8.09. The number of para-hydroxylation sites is 2. The standard InChI is InChI=1S/C14H10ClNO.C13H10O.C13H12O.C8H10/c1-10-5-7-11(8-6-10)17-14-4-2-3-13(15)12(14)9-16;1-9-6-7-13-11(8-9)10-4-2-3-5-12(10)14-13;1-11-7-9-13(10-8-11)14-12-5-3-2-4-6-12;1-7-3-5-8(2)6-4-7/h2-8H,1H3;2-8H,1H3;2-10H,1H3;3-6H,1-2H3. The number of halogens is 1. The average Bonchev–Trinajstić information content (AvgIpc) is 3.54. The van der Waals surface area contributed by atoms with Gasteiger partial charge in [0.2, 0.25) is 0 Å². The van der Waals surface area contributed by atoms with Gasteiger partial charge in [0.1, 0.15) is 45.8 Å². The normalized spacial score (nSPS) is 10.1. The van der Waals surface area contributed by atoms with E-state index in [-0.39, 0.29) is 0 Å². The van der Waals surface area contributed by atoms with E-state index >= 15 is 0 Å². The molecule has 8 aromatic rings. The molecule has 0 atom stereocenters. The molecule has 1 heterocycles. The minimum Gasteiger partial charge on any atom is -0.457 e. The van der Waals surface area contributed by atoms with E-state index in [4.69, 9.17) is 30.8 Å². The summed E-state index contributed by atoms with van der Waals surface area (Å²) in [5.74, 6) is 2.91. The highest BCUT2D eigenvalue weighted by molar-refractivity contribution is 6.32. The van der Waals surface area contributed by atoms with Crippen LogP contribution in [-0.4, -0.2) is 0 Å². The van der Waals surface area contributed by atoms with E-state index < -0.39 is 0 Å². The quantitative estimate of drug-likeness (QED) is 0.182. The molecule has 0 bridgehead atoms. The Balaban J connectivity index is 0.000000140. The van der Waals surface area contributed by atoms with Crippen LogP contribution < -0.4 is 9.47 Å². The maximum absolute atomic E-state index is 9.01. The summed E-state index contributed by atoms with van der Waals surface area (Å²) in [4.78, 5) is 0. The maximum atomic E-state index is 9.01. The third kappa shape index (κ3) is 11.4. The van der Waals surface area contributed by atoms with Crippen molar-refractivity contribution >= 4 is 33.5 Å². The largest absolute Gasteiger partial charge is 0.457 e. The fraction of sp³-hybridized carbons (Fsp3) is 0.104. The molecule has 4 nitrogen and oxygen atoms in total. The van der Waals surface area contributed by atoms with Crippen molar-refractivity contribution in [3.05, 3.63) is 202 Å². The fourth-order valence-corrected chi connectivity index (χ4v) is 5.35. The Morgan fingerprint density at radius 3 is 1.51 bits per heavy atom. The highest BCUT2D eigenvalue weighted by Crippen LogP contribution is 2.30. The van der Waals surface area contributed by atoms with Crippen molar-refractivity contribution in [1.29, 1.82) is 5.26 Å². The summed E-state index contributed by atoms with van der Waals surface area (Å²) >= 11 is 5.92. The first-order chi connectivity index (χ1) is 25.7. The van der Waals surface area contributed by atoms with Crippen LogP contribution in [0.4, 0.5) is 0 Å². The van der Waals surface area contributed by atoms with Gasteiger partial charge in [0.05, 0.1) is 5.02 Å². The molecule has 0 spiro atoms. The third-order valence-corrected chi connectivity index (χ3v) is 8.40. The maximum Gasteiger partial charge on any atom is 0.146 e. The minimum absolute atomic E-state index is 0.356. The van der Waals surface area contributed by atoms with Crippen molar-refractivity contribution in [1.82, 2.24) is 0 Å². The van der Waals surface area contributed by atoms with Crippen LogP contribution >= 0.6 is 11.6 Å². The zero-order valence-electron chi connectivity index (χ0n) is 30.6. The molecule has 0 amide bonds. The first kappa shape index (κ1) is 38.0. The highest BCUT2D eigenvalue weighted by Gasteiger charge is 2.08. The number of aryl methyl sites for hydroxylation is 5. The van der Waals surface area contributed by atoms with E-state index in [1.807, 2.05) is 116 Å². The van der Waals surface area contributed by atoms with Crippen LogP contribution in [0.5, 0.6) is 23.0 Å². The zero-order chi connectivity index (χ0) is 37.6. The molecular weight excluding hydrogens is 674 g/mol. The van der Waals surface area contributed by atoms with Crippen LogP contribution in [0.2, 0.25) is 5.02 Å². The van der Waals surface area contributed by atoms with E-state index in [2.05, 4.69) is 70.2 Å². The first-order valence-electron chi connectivity index (χ1n) is 17.3. The monoisotopic (exact) mass is 715 g/mol. The van der Waals surface area contributed by atoms with Gasteiger partial charge in [-0.25, -0.2) is 0 Å². The second-order valence-electron chi connectivity index (χ2n) is 12.6. The van der Waals surface area contributed by atoms with Gasteiger partial charge < -0.3 is 13.9 Å². The van der Waals surface area contributed by atoms with Crippen LogP contribution in [0.1, 0.15) is 33.4 Å². The summed E-state index contributed by atoms with van der Waals surface area (Å²) in [6.45, 7) is 10.4. The van der Waals surface area contributed by atoms with Gasteiger partial charge in [-0.05, 0) is 101 Å². The van der Waals surface area contributed by atoms with Crippen LogP contribution in [0, 0.1) is 45.9 Å². The Morgan fingerprint density at radius 2 is 0.925 bits per heavy atom. The molecule has 5 heteroatoms. The van der Waals surface area contributed by atoms with Crippen molar-refractivity contribution in [3.8, 4) is 29.1 Å². The van der Waals surface area contributed by atoms with E-state index in [1.165, 1.54) is 33.0 Å². The van der Waals surface area contributed by atoms with Gasteiger partial charge in [-0.1, -0.05) is 136 Å². The highest BCUT2D eigenvalue weighted by atomic mass is 35.5. The molecule has 0 radical (unpaired) electrons. The number of rotatable bonds is 4. The van der Waals surface area contributed by atoms with Crippen molar-refractivity contribution in [2.24, 2.45) is 0 Å². The number of hydrogen-bond donors (Lipinski definition) is 0. The van der Waals surface area contributed by atoms with Gasteiger partial charge >= 0.3 is 0 Å². The molecule has 8 rings (SSSR count). The Morgan fingerprint density at radius 1 is 0.453 bits per heavy atom. The summed E-state index contributed by atoms with van der Waals surface area (Å²) in [6, 6.07) is 55.5. The lowest BCUT2D eigenvalue weighted by molar-refractivity contribution is 0.481. The molecule has 0 aliphatic heterocycles. The number of nitriles is 1. The van der Waals surface area contributed by atoms with E-state index in [9.17, 15) is 0 Å². The van der Waals surface area contributed by atoms with Gasteiger partial charge in [0, 0.05) is 10.8 Å². The molecule has 0 N–H and O–H groups in total. The predicted octanol–water partition coefficient (Wildman–Crippen LogP) is 14.3. The number of benzene rings is 7. The second kappa shape index (κ2) is 18.8. The number of nitrogens with zero attached hydrogens (tertiary/aromatic N) is 1. The SMILES string of the molecule is Cc1ccc(C)cc1.Cc1ccc(Oc2cccc(Cl)c2C#N)cc1.Cc1ccc(Oc2ccccc2)cc1.Cc1ccc2oc3ccccc3c2c1. The average molecular weight is 716 g/mol. The van der Waals surface area contributed by atoms with Crippen LogP contribution in [-0.2, 0) is 0 Å². The van der Waals surface area contributed by atoms with Gasteiger partial charge in [0.25, 0.3) is 0 Å². The van der Waals surface area contributed by atoms with Gasteiger partial charge in [-0.15, -0.1) is 0 Å². The zero-order valence-corrected chi connectivity index (χ0v) is 31.4. The van der Waals surface area contributed by atoms with Crippen LogP contribution in [0.25, 0.3) is 21.9 Å². The van der Waals surface area contributed by atoms with Crippen LogP contribution in [0.3, 0.4) is 0 Å². The molecular formula is C48H42ClNO3. The molecule has 53 heavy (non-hydrogen) atoms. The van der Waals surface area contributed by atoms with Crippen molar-refractivity contribution in [3.63, 3.8) is 0 Å². The number of fused-ring (bicyclic) bond motifs is 3. The smallest absolute Gasteiger partial charge is 0.146 e. The molecule has 7 aromatic carbocycles. The molecule has 264 valence electrons. The Labute approximate surface area is 317 Å². The van der Waals surface area contributed by atoms with Crippen LogP contribution in [0.15, 0.2) is 168 Å². The van der Waals surface area contributed by atoms with Crippen molar-refractivity contribution in [2.75, 3.05) is 0 Å². The summed E-state index contributed by atoms with van der Waals surface area (Å²) in [6.07, 6.45) is 0. The summed E-state index contributed by atoms with van der Waals surface area (Å²) in [5, 5.41) is 11.8. The molecule has 0 unspecified atom stereocenters. The molecule has 1 aromatic heterocycles. The predicted molar refractivity (Wildman–Crippen MR) is 219 cm³/mol. The Hall–Kier alpha value is -6.28. The summed E-state index contributed by atoms with van der Waals surface area (Å²) in [5.41, 5.74) is 8.62. The summed E-state index contributed by atoms with van der Waals surface area (Å²) < 4.78 is 17.0. The van der Waals surface area contributed by atoms with Gasteiger partial charge in [-0.2, -0.15) is 5.26 Å². The number of ether oxygens (including phenoxy) is 2. The first-order valence-corrected chi connectivity index (χ1v) is 17.7. The molecule has 0 saturated carbocycles. The van der Waals surface area contributed by atoms with Crippen molar-refractivity contribution in [2.45, 2.75) is 34.6 Å². The van der Waals surface area contributed by atoms with E-state index in [1.54, 1.807) is 18.2 Å². The lowest BCUT2D eigenvalue weighted by Gasteiger charge is -2.08. The second-order valence-corrected chi connectivity index (χ2v) is 13.0. The Kier molecular flexibility index (Phi) is 13.5. The van der Waals surface area contributed by atoms with Crippen molar-refractivity contribution < 1.29 is 13.9 Å². The fourth-order valence-electron chi connectivity index (χ4n) is 5.14. The lowest BCUT2D eigenvalue weighted by atomic mass is 10.1. The van der Waals surface area contributed by atoms with Gasteiger partial charge in [0.15, 0.2) is 0 Å². The van der Waals surface area contributed by atoms with E-state index in [0.717, 1.165) is 28.2 Å². The Bertz CT molecular complexity index is 2370. The van der Waals surface area contributed by atoms with Gasteiger partial charge in [-0.3, -0.25) is 0 Å². The molecule has 0 fully saturated rings. The molecule has 0 saturated heterocycles. The minimum atomic E-state index is 0.356. The molecule has 0 aliphatic rings. The summed E-state index contributed by atoms with van der Waals surface area (Å²) in [7, 11) is 0. The number of furan rings is 1. The van der Waals surface area contributed by atoms with E-state index in [0.29, 0.717) is 22.1 Å². The topological polar surface area (TPSA) is 55.4 Å². The molecule has 0 aliphatic carbocycles. The lowest BCUT2D eigenvalue weighted by Crippen LogP contribution is -1.89.